The van der Waals surface area contributed by atoms with Gasteiger partial charge in [-0.15, -0.1) is 0 Å². The van der Waals surface area contributed by atoms with Crippen LogP contribution in [0.5, 0.6) is 0 Å². The first kappa shape index (κ1) is 17.6. The third kappa shape index (κ3) is 3.72. The van der Waals surface area contributed by atoms with Gasteiger partial charge in [-0.05, 0) is 25.1 Å². The van der Waals surface area contributed by atoms with Crippen LogP contribution in [0.25, 0.3) is 0 Å². The normalized spacial score (nSPS) is 18.4. The summed E-state index contributed by atoms with van der Waals surface area (Å²) in [6.07, 6.45) is 0. The molecule has 1 N–H and O–H groups in total. The fourth-order valence-corrected chi connectivity index (χ4v) is 5.24. The summed E-state index contributed by atoms with van der Waals surface area (Å²) < 4.78 is 28.0. The number of nitrogens with zero attached hydrogens (tertiary/aromatic N) is 1. The van der Waals surface area contributed by atoms with Gasteiger partial charge < -0.3 is 4.90 Å². The zero-order valence-electron chi connectivity index (χ0n) is 13.7. The molecule has 24 heavy (non-hydrogen) atoms. The van der Waals surface area contributed by atoms with Gasteiger partial charge in [-0.1, -0.05) is 52.3 Å². The van der Waals surface area contributed by atoms with Crippen LogP contribution in [0, 0.1) is 0 Å². The molecule has 0 spiro atoms. The number of quaternary nitrogens is 1. The highest BCUT2D eigenvalue weighted by molar-refractivity contribution is 9.10. The number of piperazine rings is 1. The van der Waals surface area contributed by atoms with Crippen LogP contribution in [0.1, 0.15) is 18.5 Å². The topological polar surface area (TPSA) is 41.8 Å². The van der Waals surface area contributed by atoms with E-state index in [9.17, 15) is 8.42 Å². The molecule has 0 unspecified atom stereocenters. The Kier molecular flexibility index (Phi) is 5.39. The lowest BCUT2D eigenvalue weighted by molar-refractivity contribution is -0.933. The van der Waals surface area contributed by atoms with E-state index in [1.165, 1.54) is 10.5 Å². The second-order valence-electron chi connectivity index (χ2n) is 6.15. The van der Waals surface area contributed by atoms with E-state index in [0.29, 0.717) is 24.0 Å². The molecular weight excluding hydrogens is 388 g/mol. The summed E-state index contributed by atoms with van der Waals surface area (Å²) >= 11 is 3.35. The summed E-state index contributed by atoms with van der Waals surface area (Å²) in [5, 5.41) is 0. The number of hydrogen-bond acceptors (Lipinski definition) is 2. The van der Waals surface area contributed by atoms with Gasteiger partial charge in [-0.2, -0.15) is 4.31 Å². The fraction of sp³-hybridized carbons (Fsp3) is 0.333. The molecule has 2 aromatic rings. The zero-order chi connectivity index (χ0) is 17.2. The van der Waals surface area contributed by atoms with Crippen molar-refractivity contribution in [3.8, 4) is 0 Å². The molecule has 1 fully saturated rings. The Morgan fingerprint density at radius 3 is 2.33 bits per heavy atom. The molecule has 1 saturated heterocycles. The molecule has 3 rings (SSSR count). The fourth-order valence-electron chi connectivity index (χ4n) is 3.20. The highest BCUT2D eigenvalue weighted by Gasteiger charge is 2.32. The van der Waals surface area contributed by atoms with Gasteiger partial charge in [-0.25, -0.2) is 8.42 Å². The van der Waals surface area contributed by atoms with E-state index in [1.807, 2.05) is 12.1 Å². The maximum absolute atomic E-state index is 12.8. The predicted octanol–water partition coefficient (Wildman–Crippen LogP) is 2.10. The molecule has 128 valence electrons. The predicted molar refractivity (Wildman–Crippen MR) is 98.5 cm³/mol. The summed E-state index contributed by atoms with van der Waals surface area (Å²) in [5.74, 6) is 0. The zero-order valence-corrected chi connectivity index (χ0v) is 16.1. The van der Waals surface area contributed by atoms with Crippen LogP contribution in [0.2, 0.25) is 0 Å². The second-order valence-corrected chi connectivity index (χ2v) is 9.01. The van der Waals surface area contributed by atoms with E-state index >= 15 is 0 Å². The minimum atomic E-state index is -3.41. The molecule has 1 heterocycles. The lowest BCUT2D eigenvalue weighted by Crippen LogP contribution is -3.14. The Morgan fingerprint density at radius 2 is 1.71 bits per heavy atom. The first-order valence-electron chi connectivity index (χ1n) is 8.14. The number of nitrogens with one attached hydrogen (secondary N) is 1. The summed E-state index contributed by atoms with van der Waals surface area (Å²) in [5.41, 5.74) is 1.30. The van der Waals surface area contributed by atoms with Gasteiger partial charge in [0.2, 0.25) is 10.0 Å². The highest BCUT2D eigenvalue weighted by atomic mass is 79.9. The standard InChI is InChI=1S/C18H21BrN2O2S/c1-15(16-6-3-2-4-7-16)20-10-12-21(13-11-20)24(22,23)18-9-5-8-17(19)14-18/h2-9,14-15H,10-13H2,1H3/p+1/t15-/m0/s1. The number of hydrogen-bond donors (Lipinski definition) is 1. The van der Waals surface area contributed by atoms with Gasteiger partial charge in [0, 0.05) is 10.0 Å². The molecule has 0 amide bonds. The highest BCUT2D eigenvalue weighted by Crippen LogP contribution is 2.20. The van der Waals surface area contributed by atoms with E-state index in [4.69, 9.17) is 0 Å². The SMILES string of the molecule is C[C@@H](c1ccccc1)[NH+]1CCN(S(=O)(=O)c2cccc(Br)c2)CC1. The van der Waals surface area contributed by atoms with E-state index in [-0.39, 0.29) is 0 Å². The van der Waals surface area contributed by atoms with Crippen LogP contribution in [0.15, 0.2) is 64.0 Å². The summed E-state index contributed by atoms with van der Waals surface area (Å²) in [4.78, 5) is 1.79. The lowest BCUT2D eigenvalue weighted by Gasteiger charge is -2.35. The van der Waals surface area contributed by atoms with E-state index in [1.54, 1.807) is 22.5 Å². The molecule has 2 aromatic carbocycles. The maximum atomic E-state index is 12.8. The number of sulfonamides is 1. The van der Waals surface area contributed by atoms with Crippen molar-refractivity contribution in [1.82, 2.24) is 4.31 Å². The third-order valence-corrected chi connectivity index (χ3v) is 7.10. The molecule has 0 aromatic heterocycles. The molecular formula is C18H22BrN2O2S+. The van der Waals surface area contributed by atoms with Crippen molar-refractivity contribution in [3.63, 3.8) is 0 Å². The van der Waals surface area contributed by atoms with Gasteiger partial charge in [0.15, 0.2) is 0 Å². The van der Waals surface area contributed by atoms with Gasteiger partial charge >= 0.3 is 0 Å². The van der Waals surface area contributed by atoms with E-state index < -0.39 is 10.0 Å². The maximum Gasteiger partial charge on any atom is 0.243 e. The van der Waals surface area contributed by atoms with Gasteiger partial charge in [0.25, 0.3) is 0 Å². The van der Waals surface area contributed by atoms with E-state index in [2.05, 4.69) is 47.1 Å². The molecule has 0 aliphatic carbocycles. The monoisotopic (exact) mass is 409 g/mol. The van der Waals surface area contributed by atoms with Crippen molar-refractivity contribution in [2.24, 2.45) is 0 Å². The summed E-state index contributed by atoms with van der Waals surface area (Å²) in [6, 6.07) is 17.7. The Bertz CT molecular complexity index is 788. The Morgan fingerprint density at radius 1 is 1.04 bits per heavy atom. The summed E-state index contributed by atoms with van der Waals surface area (Å²) in [7, 11) is -3.41. The van der Waals surface area contributed by atoms with Crippen molar-refractivity contribution in [2.75, 3.05) is 26.2 Å². The Hall–Kier alpha value is -1.21. The van der Waals surface area contributed by atoms with Crippen molar-refractivity contribution in [1.29, 1.82) is 0 Å². The van der Waals surface area contributed by atoms with Crippen molar-refractivity contribution >= 4 is 26.0 Å². The third-order valence-electron chi connectivity index (χ3n) is 4.71. The average molecular weight is 410 g/mol. The molecule has 1 aliphatic rings. The van der Waals surface area contributed by atoms with Crippen LogP contribution < -0.4 is 4.90 Å². The van der Waals surface area contributed by atoms with Gasteiger partial charge in [0.05, 0.1) is 31.1 Å². The minimum absolute atomic E-state index is 0.358. The van der Waals surface area contributed by atoms with Crippen molar-refractivity contribution in [3.05, 3.63) is 64.6 Å². The van der Waals surface area contributed by atoms with E-state index in [0.717, 1.165) is 17.6 Å². The molecule has 6 heteroatoms. The molecule has 1 aliphatic heterocycles. The second kappa shape index (κ2) is 7.35. The van der Waals surface area contributed by atoms with Gasteiger partial charge in [0.1, 0.15) is 6.04 Å². The largest absolute Gasteiger partial charge is 0.327 e. The van der Waals surface area contributed by atoms with Crippen LogP contribution in [0.3, 0.4) is 0 Å². The Balaban J connectivity index is 1.69. The van der Waals surface area contributed by atoms with Gasteiger partial charge in [-0.3, -0.25) is 0 Å². The van der Waals surface area contributed by atoms with Crippen LogP contribution in [0.4, 0.5) is 0 Å². The average Bonchev–Trinajstić information content (AvgIpc) is 2.62. The first-order valence-corrected chi connectivity index (χ1v) is 10.4. The van der Waals surface area contributed by atoms with Crippen LogP contribution >= 0.6 is 15.9 Å². The smallest absolute Gasteiger partial charge is 0.243 e. The molecule has 1 atom stereocenters. The van der Waals surface area contributed by atoms with Crippen molar-refractivity contribution in [2.45, 2.75) is 17.9 Å². The molecule has 0 radical (unpaired) electrons. The summed E-state index contributed by atoms with van der Waals surface area (Å²) in [6.45, 7) is 4.97. The Labute approximate surface area is 152 Å². The van der Waals surface area contributed by atoms with Crippen molar-refractivity contribution < 1.29 is 13.3 Å². The number of halogens is 1. The lowest BCUT2D eigenvalue weighted by atomic mass is 10.1. The molecule has 0 bridgehead atoms. The minimum Gasteiger partial charge on any atom is -0.327 e. The number of rotatable bonds is 4. The molecule has 4 nitrogen and oxygen atoms in total. The molecule has 0 saturated carbocycles. The quantitative estimate of drug-likeness (QED) is 0.839. The van der Waals surface area contributed by atoms with Crippen LogP contribution in [-0.4, -0.2) is 38.9 Å². The number of benzene rings is 2. The first-order chi connectivity index (χ1) is 11.5. The van der Waals surface area contributed by atoms with Crippen LogP contribution in [-0.2, 0) is 10.0 Å².